The lowest BCUT2D eigenvalue weighted by Crippen LogP contribution is -2.75. The number of Topliss-reactive ketones (excluding diaryl/α,β-unsaturated/α-hetero) is 1. The van der Waals surface area contributed by atoms with Crippen LogP contribution in [0.2, 0.25) is 0 Å². The van der Waals surface area contributed by atoms with E-state index in [0.717, 1.165) is 0 Å². The number of epoxide rings is 1. The topological polar surface area (TPSA) is 146 Å². The van der Waals surface area contributed by atoms with Gasteiger partial charge in [-0.1, -0.05) is 27.7 Å². The van der Waals surface area contributed by atoms with E-state index < -0.39 is 75.6 Å². The van der Waals surface area contributed by atoms with E-state index in [1.807, 2.05) is 20.8 Å². The van der Waals surface area contributed by atoms with Gasteiger partial charge in [-0.15, -0.1) is 0 Å². The molecule has 10 nitrogen and oxygen atoms in total. The highest BCUT2D eigenvalue weighted by Crippen LogP contribution is 2.78. The minimum absolute atomic E-state index is 0.0900. The molecule has 5 fully saturated rings. The highest BCUT2D eigenvalue weighted by atomic mass is 16.7. The Kier molecular flexibility index (Phi) is 5.33. The summed E-state index contributed by atoms with van der Waals surface area (Å²) in [4.78, 5) is 63.6. The summed E-state index contributed by atoms with van der Waals surface area (Å²) >= 11 is 0. The molecule has 0 aromatic heterocycles. The van der Waals surface area contributed by atoms with Crippen molar-refractivity contribution in [2.75, 3.05) is 0 Å². The maximum atomic E-state index is 14.3. The molecular formula is C27H36O10. The SMILES string of the molecule is CC(=O)O[C@H]1C[C@@H](OC(C)=O)C(C)(C)[C@@H]2CC(=O)[C@]3(C)[C@@H](CC[C@@]4(C)[C@H](C(=O)O)OC(=O)[C@H]5O[C@]543)[C@@]12C. The zero-order valence-corrected chi connectivity index (χ0v) is 22.4. The van der Waals surface area contributed by atoms with Gasteiger partial charge in [-0.3, -0.25) is 14.4 Å². The molecule has 3 saturated carbocycles. The third-order valence-corrected chi connectivity index (χ3v) is 11.1. The van der Waals surface area contributed by atoms with Gasteiger partial charge >= 0.3 is 23.9 Å². The van der Waals surface area contributed by atoms with E-state index in [2.05, 4.69) is 0 Å². The summed E-state index contributed by atoms with van der Waals surface area (Å²) < 4.78 is 23.1. The second-order valence-corrected chi connectivity index (χ2v) is 12.9. The fraction of sp³-hybridized carbons (Fsp3) is 0.815. The van der Waals surface area contributed by atoms with Gasteiger partial charge in [0.2, 0.25) is 6.10 Å². The Morgan fingerprint density at radius 1 is 0.946 bits per heavy atom. The predicted molar refractivity (Wildman–Crippen MR) is 125 cm³/mol. The first-order valence-electron chi connectivity index (χ1n) is 13.0. The van der Waals surface area contributed by atoms with Gasteiger partial charge in [0.05, 0.1) is 5.41 Å². The third kappa shape index (κ3) is 2.93. The Hall–Kier alpha value is -2.49. The molecule has 2 heterocycles. The van der Waals surface area contributed by atoms with Crippen LogP contribution in [0.15, 0.2) is 0 Å². The first kappa shape index (κ1) is 26.1. The number of ketones is 1. The molecule has 10 heteroatoms. The predicted octanol–water partition coefficient (Wildman–Crippen LogP) is 2.45. The average molecular weight is 521 g/mol. The van der Waals surface area contributed by atoms with Gasteiger partial charge in [-0.2, -0.15) is 0 Å². The molecule has 3 aliphatic carbocycles. The van der Waals surface area contributed by atoms with Gasteiger partial charge in [0.1, 0.15) is 23.6 Å². The fourth-order valence-corrected chi connectivity index (χ4v) is 9.38. The van der Waals surface area contributed by atoms with Crippen LogP contribution in [0, 0.1) is 33.5 Å². The van der Waals surface area contributed by atoms with Gasteiger partial charge in [0.25, 0.3) is 0 Å². The Labute approximate surface area is 215 Å². The van der Waals surface area contributed by atoms with Crippen LogP contribution in [0.3, 0.4) is 0 Å². The number of rotatable bonds is 3. The maximum absolute atomic E-state index is 14.3. The molecule has 2 saturated heterocycles. The molecule has 5 rings (SSSR count). The van der Waals surface area contributed by atoms with E-state index in [9.17, 15) is 29.1 Å². The summed E-state index contributed by atoms with van der Waals surface area (Å²) in [7, 11) is 0. The summed E-state index contributed by atoms with van der Waals surface area (Å²) in [5, 5.41) is 9.97. The third-order valence-electron chi connectivity index (χ3n) is 11.1. The number of cyclic esters (lactones) is 1. The van der Waals surface area contributed by atoms with Crippen LogP contribution in [0.1, 0.15) is 74.1 Å². The molecule has 1 spiro atoms. The molecule has 0 amide bonds. The van der Waals surface area contributed by atoms with Crippen molar-refractivity contribution in [3.8, 4) is 0 Å². The van der Waals surface area contributed by atoms with Crippen molar-refractivity contribution in [1.29, 1.82) is 0 Å². The number of fused-ring (bicyclic) bond motifs is 3. The van der Waals surface area contributed by atoms with Gasteiger partial charge < -0.3 is 24.1 Å². The smallest absolute Gasteiger partial charge is 0.345 e. The minimum Gasteiger partial charge on any atom is -0.478 e. The molecule has 0 radical (unpaired) electrons. The second-order valence-electron chi connectivity index (χ2n) is 12.9. The van der Waals surface area contributed by atoms with Crippen molar-refractivity contribution in [3.05, 3.63) is 0 Å². The zero-order chi connectivity index (χ0) is 27.5. The summed E-state index contributed by atoms with van der Waals surface area (Å²) in [6, 6.07) is 0. The largest absolute Gasteiger partial charge is 0.478 e. The number of carbonyl (C=O) groups excluding carboxylic acids is 4. The van der Waals surface area contributed by atoms with Gasteiger partial charge in [0, 0.05) is 42.9 Å². The summed E-state index contributed by atoms with van der Waals surface area (Å²) in [5.74, 6) is -3.76. The van der Waals surface area contributed by atoms with E-state index in [-0.39, 0.29) is 30.5 Å². The lowest BCUT2D eigenvalue weighted by Gasteiger charge is -2.69. The van der Waals surface area contributed by atoms with E-state index in [1.54, 1.807) is 13.8 Å². The van der Waals surface area contributed by atoms with Crippen molar-refractivity contribution in [3.63, 3.8) is 0 Å². The average Bonchev–Trinajstić information content (AvgIpc) is 3.54. The van der Waals surface area contributed by atoms with Crippen LogP contribution in [0.5, 0.6) is 0 Å². The standard InChI is InChI=1S/C27H36O10/c1-12(28)34-17-11-18(35-13(2)29)25(6)14-8-9-24(5)19(21(31)32)36-22(33)20-27(24,37-20)26(14,7)16(30)10-15(25)23(17,3)4/h14-15,17-20H,8-11H2,1-7H3,(H,31,32)/t14-,15-,17+,18-,19-,20+,24-,25+,26-,27+/m0/s1. The van der Waals surface area contributed by atoms with Crippen LogP contribution in [-0.4, -0.2) is 64.8 Å². The molecule has 37 heavy (non-hydrogen) atoms. The molecule has 0 aromatic rings. The first-order valence-corrected chi connectivity index (χ1v) is 13.0. The van der Waals surface area contributed by atoms with Gasteiger partial charge in [-0.05, 0) is 31.6 Å². The Morgan fingerprint density at radius 3 is 2.11 bits per heavy atom. The van der Waals surface area contributed by atoms with E-state index in [4.69, 9.17) is 18.9 Å². The highest BCUT2D eigenvalue weighted by molar-refractivity contribution is 5.95. The molecule has 0 aromatic carbocycles. The van der Waals surface area contributed by atoms with E-state index in [1.165, 1.54) is 13.8 Å². The normalized spacial score (nSPS) is 49.3. The molecule has 5 aliphatic rings. The van der Waals surface area contributed by atoms with Crippen molar-refractivity contribution >= 4 is 29.7 Å². The summed E-state index contributed by atoms with van der Waals surface area (Å²) in [6.45, 7) is 12.2. The molecular weight excluding hydrogens is 484 g/mol. The molecule has 1 N–H and O–H groups in total. The quantitative estimate of drug-likeness (QED) is 0.334. The van der Waals surface area contributed by atoms with Crippen LogP contribution >= 0.6 is 0 Å². The summed E-state index contributed by atoms with van der Waals surface area (Å²) in [5.41, 5.74) is -5.01. The van der Waals surface area contributed by atoms with Crippen LogP contribution in [0.25, 0.3) is 0 Å². The van der Waals surface area contributed by atoms with Crippen molar-refractivity contribution < 1.29 is 48.0 Å². The summed E-state index contributed by atoms with van der Waals surface area (Å²) in [6.07, 6.45) is -2.52. The Bertz CT molecular complexity index is 1110. The minimum atomic E-state index is -1.43. The van der Waals surface area contributed by atoms with Gasteiger partial charge in [0.15, 0.2) is 6.10 Å². The molecule has 0 bridgehead atoms. The first-order chi connectivity index (χ1) is 17.0. The van der Waals surface area contributed by atoms with Gasteiger partial charge in [-0.25, -0.2) is 9.59 Å². The van der Waals surface area contributed by atoms with Crippen molar-refractivity contribution in [2.24, 2.45) is 33.5 Å². The fourth-order valence-electron chi connectivity index (χ4n) is 9.38. The van der Waals surface area contributed by atoms with Crippen LogP contribution in [0.4, 0.5) is 0 Å². The Balaban J connectivity index is 1.67. The number of ether oxygens (including phenoxy) is 4. The number of hydrogen-bond donors (Lipinski definition) is 1. The molecule has 10 atom stereocenters. The van der Waals surface area contributed by atoms with E-state index in [0.29, 0.717) is 12.8 Å². The second kappa shape index (κ2) is 7.55. The van der Waals surface area contributed by atoms with E-state index >= 15 is 0 Å². The lowest BCUT2D eigenvalue weighted by atomic mass is 9.34. The number of aliphatic carboxylic acids is 1. The zero-order valence-electron chi connectivity index (χ0n) is 22.4. The molecule has 0 unspecified atom stereocenters. The number of hydrogen-bond acceptors (Lipinski definition) is 9. The number of esters is 3. The highest BCUT2D eigenvalue weighted by Gasteiger charge is 2.89. The van der Waals surface area contributed by atoms with Crippen LogP contribution < -0.4 is 0 Å². The molecule has 204 valence electrons. The molecule has 2 aliphatic heterocycles. The maximum Gasteiger partial charge on any atom is 0.345 e. The van der Waals surface area contributed by atoms with Crippen molar-refractivity contribution in [1.82, 2.24) is 0 Å². The van der Waals surface area contributed by atoms with Crippen molar-refractivity contribution in [2.45, 2.75) is 104 Å². The van der Waals surface area contributed by atoms with Crippen LogP contribution in [-0.2, 0) is 42.9 Å². The number of carboxylic acid groups (broad SMARTS) is 1. The Morgan fingerprint density at radius 2 is 1.54 bits per heavy atom. The number of carbonyl (C=O) groups is 5. The monoisotopic (exact) mass is 520 g/mol. The number of carboxylic acids is 1. The lowest BCUT2D eigenvalue weighted by molar-refractivity contribution is -0.259.